The molecule has 1 saturated carbocycles. The monoisotopic (exact) mass is 289 g/mol. The molecule has 116 valence electrons. The van der Waals surface area contributed by atoms with Crippen molar-refractivity contribution in [2.45, 2.75) is 56.6 Å². The van der Waals surface area contributed by atoms with Crippen LogP contribution < -0.4 is 10.1 Å². The Hall–Kier alpha value is -1.06. The molecule has 0 amide bonds. The maximum Gasteiger partial charge on any atom is 0.119 e. The van der Waals surface area contributed by atoms with Crippen LogP contribution in [0.15, 0.2) is 30.3 Å². The van der Waals surface area contributed by atoms with Crippen molar-refractivity contribution in [3.8, 4) is 5.75 Å². The molecular formula is C18H27NO2. The lowest BCUT2D eigenvalue weighted by Crippen LogP contribution is -2.45. The van der Waals surface area contributed by atoms with Gasteiger partial charge >= 0.3 is 0 Å². The number of hydrogen-bond acceptors (Lipinski definition) is 3. The van der Waals surface area contributed by atoms with Gasteiger partial charge in [-0.05, 0) is 50.8 Å². The fraction of sp³-hybridized carbons (Fsp3) is 0.667. The van der Waals surface area contributed by atoms with Crippen molar-refractivity contribution in [3.63, 3.8) is 0 Å². The van der Waals surface area contributed by atoms with Crippen LogP contribution in [0.25, 0.3) is 0 Å². The number of benzene rings is 1. The van der Waals surface area contributed by atoms with E-state index in [0.29, 0.717) is 6.04 Å². The first-order valence-corrected chi connectivity index (χ1v) is 8.42. The zero-order valence-corrected chi connectivity index (χ0v) is 12.9. The molecule has 3 heteroatoms. The summed E-state index contributed by atoms with van der Waals surface area (Å²) in [6.45, 7) is 2.75. The Bertz CT molecular complexity index is 414. The number of hydrogen-bond donors (Lipinski definition) is 1. The third-order valence-electron chi connectivity index (χ3n) is 4.77. The first-order chi connectivity index (χ1) is 10.4. The second-order valence-electron chi connectivity index (χ2n) is 6.40. The van der Waals surface area contributed by atoms with Gasteiger partial charge in [0.05, 0.1) is 12.2 Å². The lowest BCUT2D eigenvalue weighted by molar-refractivity contribution is -0.0835. The van der Waals surface area contributed by atoms with Gasteiger partial charge in [0, 0.05) is 12.6 Å². The van der Waals surface area contributed by atoms with E-state index < -0.39 is 0 Å². The van der Waals surface area contributed by atoms with Crippen LogP contribution in [0.4, 0.5) is 0 Å². The molecule has 1 unspecified atom stereocenters. The van der Waals surface area contributed by atoms with Crippen LogP contribution in [0.2, 0.25) is 0 Å². The van der Waals surface area contributed by atoms with Gasteiger partial charge < -0.3 is 14.8 Å². The minimum Gasteiger partial charge on any atom is -0.494 e. The van der Waals surface area contributed by atoms with Crippen molar-refractivity contribution in [3.05, 3.63) is 30.3 Å². The normalized spacial score (nSPS) is 24.3. The topological polar surface area (TPSA) is 30.5 Å². The fourth-order valence-electron chi connectivity index (χ4n) is 3.65. The summed E-state index contributed by atoms with van der Waals surface area (Å²) in [7, 11) is 0. The van der Waals surface area contributed by atoms with Gasteiger partial charge in [-0.1, -0.05) is 31.0 Å². The van der Waals surface area contributed by atoms with E-state index in [4.69, 9.17) is 9.47 Å². The molecule has 1 heterocycles. The summed E-state index contributed by atoms with van der Waals surface area (Å²) in [6.07, 6.45) is 8.63. The fourth-order valence-corrected chi connectivity index (χ4v) is 3.65. The number of ether oxygens (including phenoxy) is 2. The molecule has 1 aliphatic heterocycles. The summed E-state index contributed by atoms with van der Waals surface area (Å²) in [4.78, 5) is 0. The number of rotatable bonds is 6. The van der Waals surface area contributed by atoms with Gasteiger partial charge in [0.15, 0.2) is 0 Å². The molecule has 2 fully saturated rings. The Morgan fingerprint density at radius 2 is 2.00 bits per heavy atom. The molecule has 1 N–H and O–H groups in total. The molecular weight excluding hydrogens is 262 g/mol. The molecule has 1 aromatic rings. The first-order valence-electron chi connectivity index (χ1n) is 8.42. The smallest absolute Gasteiger partial charge is 0.119 e. The van der Waals surface area contributed by atoms with Crippen LogP contribution in [0.3, 0.4) is 0 Å². The second kappa shape index (κ2) is 7.28. The average molecular weight is 289 g/mol. The standard InChI is InChI=1S/C18H27NO2/c1-2-7-17(8-3-1)20-13-6-12-19-16-9-14-21-18(15-16)10-4-5-11-18/h1-3,7-8,16,19H,4-6,9-15H2. The minimum atomic E-state index is 0.219. The molecule has 21 heavy (non-hydrogen) atoms. The maximum absolute atomic E-state index is 6.08. The van der Waals surface area contributed by atoms with Crippen LogP contribution in [0.1, 0.15) is 44.9 Å². The highest BCUT2D eigenvalue weighted by molar-refractivity contribution is 5.20. The van der Waals surface area contributed by atoms with Crippen LogP contribution in [-0.2, 0) is 4.74 Å². The van der Waals surface area contributed by atoms with Gasteiger partial charge in [0.1, 0.15) is 5.75 Å². The van der Waals surface area contributed by atoms with Crippen LogP contribution >= 0.6 is 0 Å². The minimum absolute atomic E-state index is 0.219. The third kappa shape index (κ3) is 4.21. The van der Waals surface area contributed by atoms with Gasteiger partial charge in [0.2, 0.25) is 0 Å². The summed E-state index contributed by atoms with van der Waals surface area (Å²) in [6, 6.07) is 10.7. The molecule has 1 saturated heterocycles. The molecule has 0 aromatic heterocycles. The van der Waals surface area contributed by atoms with E-state index in [2.05, 4.69) is 5.32 Å². The molecule has 1 atom stereocenters. The van der Waals surface area contributed by atoms with Crippen LogP contribution in [0, 0.1) is 0 Å². The second-order valence-corrected chi connectivity index (χ2v) is 6.40. The molecule has 3 rings (SSSR count). The quantitative estimate of drug-likeness (QED) is 0.813. The molecule has 1 aliphatic carbocycles. The Morgan fingerprint density at radius 1 is 1.19 bits per heavy atom. The Balaban J connectivity index is 1.32. The van der Waals surface area contributed by atoms with E-state index in [9.17, 15) is 0 Å². The number of nitrogens with one attached hydrogen (secondary N) is 1. The third-order valence-corrected chi connectivity index (χ3v) is 4.77. The molecule has 0 bridgehead atoms. The first kappa shape index (κ1) is 14.9. The molecule has 3 nitrogen and oxygen atoms in total. The van der Waals surface area contributed by atoms with Crippen molar-refractivity contribution < 1.29 is 9.47 Å². The van der Waals surface area contributed by atoms with E-state index in [1.807, 2.05) is 30.3 Å². The maximum atomic E-state index is 6.08. The van der Waals surface area contributed by atoms with Crippen LogP contribution in [0.5, 0.6) is 5.75 Å². The molecule has 2 aliphatic rings. The van der Waals surface area contributed by atoms with Gasteiger partial charge in [-0.3, -0.25) is 0 Å². The Labute approximate surface area is 128 Å². The lowest BCUT2D eigenvalue weighted by atomic mass is 9.89. The summed E-state index contributed by atoms with van der Waals surface area (Å²) in [5.74, 6) is 0.966. The van der Waals surface area contributed by atoms with E-state index in [1.54, 1.807) is 0 Å². The van der Waals surface area contributed by atoms with Crippen LogP contribution in [-0.4, -0.2) is 31.4 Å². The zero-order chi connectivity index (χ0) is 14.4. The van der Waals surface area contributed by atoms with Gasteiger partial charge in [-0.25, -0.2) is 0 Å². The average Bonchev–Trinajstić information content (AvgIpc) is 2.96. The van der Waals surface area contributed by atoms with Crippen molar-refractivity contribution in [2.75, 3.05) is 19.8 Å². The van der Waals surface area contributed by atoms with Crippen molar-refractivity contribution in [1.29, 1.82) is 0 Å². The highest BCUT2D eigenvalue weighted by Crippen LogP contribution is 2.39. The summed E-state index contributed by atoms with van der Waals surface area (Å²) in [5, 5.41) is 3.70. The van der Waals surface area contributed by atoms with Gasteiger partial charge in [-0.15, -0.1) is 0 Å². The van der Waals surface area contributed by atoms with E-state index in [1.165, 1.54) is 32.1 Å². The molecule has 1 spiro atoms. The molecule has 1 aromatic carbocycles. The van der Waals surface area contributed by atoms with Gasteiger partial charge in [-0.2, -0.15) is 0 Å². The Morgan fingerprint density at radius 3 is 2.81 bits per heavy atom. The van der Waals surface area contributed by atoms with Gasteiger partial charge in [0.25, 0.3) is 0 Å². The predicted molar refractivity (Wildman–Crippen MR) is 84.7 cm³/mol. The zero-order valence-electron chi connectivity index (χ0n) is 12.9. The highest BCUT2D eigenvalue weighted by Gasteiger charge is 2.39. The van der Waals surface area contributed by atoms with E-state index in [-0.39, 0.29) is 5.60 Å². The summed E-state index contributed by atoms with van der Waals surface area (Å²) < 4.78 is 11.8. The highest BCUT2D eigenvalue weighted by atomic mass is 16.5. The van der Waals surface area contributed by atoms with Crippen molar-refractivity contribution in [1.82, 2.24) is 5.32 Å². The van der Waals surface area contributed by atoms with Crippen molar-refractivity contribution >= 4 is 0 Å². The molecule has 0 radical (unpaired) electrons. The predicted octanol–water partition coefficient (Wildman–Crippen LogP) is 3.54. The Kier molecular flexibility index (Phi) is 5.15. The lowest BCUT2D eigenvalue weighted by Gasteiger charge is -2.38. The van der Waals surface area contributed by atoms with E-state index >= 15 is 0 Å². The number of para-hydroxylation sites is 1. The van der Waals surface area contributed by atoms with E-state index in [0.717, 1.165) is 38.3 Å². The van der Waals surface area contributed by atoms with Crippen molar-refractivity contribution in [2.24, 2.45) is 0 Å². The largest absolute Gasteiger partial charge is 0.494 e. The SMILES string of the molecule is c1ccc(OCCCNC2CCOC3(CCCC3)C2)cc1. The summed E-state index contributed by atoms with van der Waals surface area (Å²) >= 11 is 0. The summed E-state index contributed by atoms with van der Waals surface area (Å²) in [5.41, 5.74) is 0.219.